The first-order chi connectivity index (χ1) is 11.9. The van der Waals surface area contributed by atoms with Gasteiger partial charge >= 0.3 is 0 Å². The Labute approximate surface area is 158 Å². The summed E-state index contributed by atoms with van der Waals surface area (Å²) in [6.07, 6.45) is 1.85. The van der Waals surface area contributed by atoms with Crippen LogP contribution in [0.25, 0.3) is 0 Å². The smallest absolute Gasteiger partial charge is 0.191 e. The second kappa shape index (κ2) is 9.42. The van der Waals surface area contributed by atoms with Gasteiger partial charge in [0.25, 0.3) is 0 Å². The summed E-state index contributed by atoms with van der Waals surface area (Å²) >= 11 is 8.33. The second-order valence-electron chi connectivity index (χ2n) is 5.07. The quantitative estimate of drug-likeness (QED) is 0.263. The number of thioether (sulfide) groups is 1. The van der Waals surface area contributed by atoms with E-state index in [9.17, 15) is 8.78 Å². The Morgan fingerprint density at radius 3 is 2.60 bits per heavy atom. The largest absolute Gasteiger partial charge is 0.394 e. The van der Waals surface area contributed by atoms with Gasteiger partial charge in [0.2, 0.25) is 0 Å². The highest BCUT2D eigenvalue weighted by Crippen LogP contribution is 2.30. The minimum Gasteiger partial charge on any atom is -0.394 e. The van der Waals surface area contributed by atoms with E-state index in [1.807, 2.05) is 6.26 Å². The number of aromatic nitrogens is 2. The van der Waals surface area contributed by atoms with Crippen molar-refractivity contribution in [2.45, 2.75) is 23.9 Å². The lowest BCUT2D eigenvalue weighted by Crippen LogP contribution is -2.20. The minimum atomic E-state index is -0.670. The van der Waals surface area contributed by atoms with Crippen molar-refractivity contribution in [1.82, 2.24) is 9.97 Å². The van der Waals surface area contributed by atoms with Gasteiger partial charge in [0.15, 0.2) is 5.16 Å². The van der Waals surface area contributed by atoms with Gasteiger partial charge in [-0.3, -0.25) is 0 Å². The number of nitrogens with zero attached hydrogens (tertiary/aromatic N) is 2. The molecule has 5 nitrogen and oxygen atoms in total. The molecule has 0 fully saturated rings. The van der Waals surface area contributed by atoms with E-state index in [0.29, 0.717) is 16.8 Å². The molecule has 0 bridgehead atoms. The third-order valence-corrected chi connectivity index (χ3v) is 4.76. The Balaban J connectivity index is 2.22. The molecule has 1 atom stereocenters. The number of hydrogen-bond acceptors (Lipinski definition) is 7. The molecular formula is C15H17ClF2N4OS2. The monoisotopic (exact) mass is 406 g/mol. The molecule has 0 aliphatic carbocycles. The molecule has 1 aromatic carbocycles. The number of hydrogen-bond donors (Lipinski definition) is 3. The number of rotatable bonds is 8. The third-order valence-electron chi connectivity index (χ3n) is 3.06. The lowest BCUT2D eigenvalue weighted by molar-refractivity contribution is 0.281. The predicted octanol–water partition coefficient (Wildman–Crippen LogP) is 4.18. The molecule has 0 aliphatic rings. The first-order valence-corrected chi connectivity index (χ1v) is 9.84. The van der Waals surface area contributed by atoms with Crippen molar-refractivity contribution in [3.63, 3.8) is 0 Å². The van der Waals surface area contributed by atoms with Crippen LogP contribution >= 0.6 is 35.3 Å². The second-order valence-corrected chi connectivity index (χ2v) is 7.00. The van der Waals surface area contributed by atoms with Crippen molar-refractivity contribution in [1.29, 1.82) is 0 Å². The topological polar surface area (TPSA) is 70.1 Å². The van der Waals surface area contributed by atoms with Gasteiger partial charge in [0, 0.05) is 29.7 Å². The van der Waals surface area contributed by atoms with Gasteiger partial charge in [-0.25, -0.2) is 18.7 Å². The minimum absolute atomic E-state index is 0.0537. The van der Waals surface area contributed by atoms with E-state index in [1.54, 1.807) is 13.0 Å². The van der Waals surface area contributed by atoms with E-state index in [-0.39, 0.29) is 29.0 Å². The van der Waals surface area contributed by atoms with Crippen molar-refractivity contribution in [3.05, 3.63) is 40.4 Å². The first kappa shape index (κ1) is 20.0. The average Bonchev–Trinajstić information content (AvgIpc) is 2.58. The zero-order chi connectivity index (χ0) is 18.4. The highest BCUT2D eigenvalue weighted by Gasteiger charge is 2.14. The number of halogens is 3. The summed E-state index contributed by atoms with van der Waals surface area (Å²) in [5.41, 5.74) is 0.0664. The molecule has 0 spiro atoms. The maximum Gasteiger partial charge on any atom is 0.191 e. The fourth-order valence-corrected chi connectivity index (χ4v) is 3.35. The summed E-state index contributed by atoms with van der Waals surface area (Å²) in [4.78, 5) is 8.63. The fraction of sp³-hybridized carbons (Fsp3) is 0.333. The summed E-state index contributed by atoms with van der Waals surface area (Å²) < 4.78 is 30.4. The predicted molar refractivity (Wildman–Crippen MR) is 100 cm³/mol. The van der Waals surface area contributed by atoms with Crippen LogP contribution in [0.15, 0.2) is 23.4 Å². The summed E-state index contributed by atoms with van der Waals surface area (Å²) in [7, 11) is 0. The van der Waals surface area contributed by atoms with Gasteiger partial charge in [-0.1, -0.05) is 35.3 Å². The number of aliphatic hydroxyl groups excluding tert-OH is 1. The van der Waals surface area contributed by atoms with Crippen molar-refractivity contribution in [3.8, 4) is 0 Å². The molecule has 1 aromatic heterocycles. The molecule has 1 heterocycles. The van der Waals surface area contributed by atoms with Crippen LogP contribution in [0.5, 0.6) is 0 Å². The van der Waals surface area contributed by atoms with Gasteiger partial charge in [0.1, 0.15) is 23.3 Å². The fourth-order valence-electron chi connectivity index (χ4n) is 1.86. The Hall–Kier alpha value is -1.29. The molecular weight excluding hydrogens is 390 g/mol. The van der Waals surface area contributed by atoms with Crippen LogP contribution in [0.2, 0.25) is 5.02 Å². The molecule has 3 N–H and O–H groups in total. The number of anilines is 2. The van der Waals surface area contributed by atoms with E-state index in [1.165, 1.54) is 11.9 Å². The molecule has 0 saturated heterocycles. The van der Waals surface area contributed by atoms with Gasteiger partial charge in [-0.05, 0) is 19.1 Å². The zero-order valence-electron chi connectivity index (χ0n) is 13.5. The van der Waals surface area contributed by atoms with E-state index < -0.39 is 11.6 Å². The molecule has 0 aliphatic heterocycles. The molecule has 0 amide bonds. The molecule has 25 heavy (non-hydrogen) atoms. The van der Waals surface area contributed by atoms with Crippen LogP contribution in [0, 0.1) is 11.6 Å². The molecule has 10 heteroatoms. The molecule has 2 rings (SSSR count). The Kier molecular flexibility index (Phi) is 7.55. The maximum atomic E-state index is 13.9. The summed E-state index contributed by atoms with van der Waals surface area (Å²) in [6, 6.07) is 3.54. The lowest BCUT2D eigenvalue weighted by Gasteiger charge is -2.14. The van der Waals surface area contributed by atoms with Crippen LogP contribution in [0.3, 0.4) is 0 Å². The van der Waals surface area contributed by atoms with Crippen molar-refractivity contribution in [2.24, 2.45) is 0 Å². The number of aliphatic hydroxyl groups is 1. The van der Waals surface area contributed by atoms with Crippen LogP contribution < -0.4 is 10.0 Å². The Morgan fingerprint density at radius 1 is 1.24 bits per heavy atom. The standard InChI is InChI=1S/C15H17ClF2N4OS2/c1-8(6-23)19-12-5-13(22-24-2)21-15(20-12)25-7-9-10(17)3-4-11(18)14(9)16/h3-5,8,23H,6-7H2,1-2H3,(H2,19,20,21,22)/t8-/m1/s1. The van der Waals surface area contributed by atoms with Gasteiger partial charge in [-0.15, -0.1) is 0 Å². The average molecular weight is 407 g/mol. The Bertz CT molecular complexity index is 739. The van der Waals surface area contributed by atoms with Crippen LogP contribution in [-0.4, -0.2) is 34.0 Å². The van der Waals surface area contributed by atoms with Gasteiger partial charge in [0.05, 0.1) is 11.6 Å². The van der Waals surface area contributed by atoms with Gasteiger partial charge < -0.3 is 15.1 Å². The SMILES string of the molecule is CSNc1cc(N[C@H](C)CO)nc(SCc2c(F)ccc(F)c2Cl)n1. The number of nitrogens with one attached hydrogen (secondary N) is 2. The Morgan fingerprint density at radius 2 is 1.92 bits per heavy atom. The highest BCUT2D eigenvalue weighted by atomic mass is 35.5. The van der Waals surface area contributed by atoms with Crippen molar-refractivity contribution >= 4 is 46.9 Å². The lowest BCUT2D eigenvalue weighted by atomic mass is 10.2. The first-order valence-electron chi connectivity index (χ1n) is 7.25. The van der Waals surface area contributed by atoms with Crippen molar-refractivity contribution in [2.75, 3.05) is 22.9 Å². The summed E-state index contributed by atoms with van der Waals surface area (Å²) in [6.45, 7) is 1.75. The summed E-state index contributed by atoms with van der Waals surface area (Å²) in [5.74, 6) is -0.0916. The third kappa shape index (κ3) is 5.60. The summed E-state index contributed by atoms with van der Waals surface area (Å²) in [5, 5.41) is 12.3. The molecule has 2 aromatic rings. The molecule has 136 valence electrons. The van der Waals surface area contributed by atoms with Crippen LogP contribution in [0.4, 0.5) is 20.4 Å². The van der Waals surface area contributed by atoms with E-state index in [2.05, 4.69) is 20.0 Å². The number of benzene rings is 1. The van der Waals surface area contributed by atoms with Crippen molar-refractivity contribution < 1.29 is 13.9 Å². The van der Waals surface area contributed by atoms with E-state index >= 15 is 0 Å². The van der Waals surface area contributed by atoms with Crippen LogP contribution in [0.1, 0.15) is 12.5 Å². The normalized spacial score (nSPS) is 12.1. The molecule has 0 radical (unpaired) electrons. The maximum absolute atomic E-state index is 13.9. The molecule has 0 saturated carbocycles. The van der Waals surface area contributed by atoms with Crippen LogP contribution in [-0.2, 0) is 5.75 Å². The van der Waals surface area contributed by atoms with E-state index in [4.69, 9.17) is 16.7 Å². The van der Waals surface area contributed by atoms with E-state index in [0.717, 1.165) is 23.9 Å². The molecule has 0 unspecified atom stereocenters. The zero-order valence-corrected chi connectivity index (χ0v) is 15.9. The highest BCUT2D eigenvalue weighted by molar-refractivity contribution is 7.99. The van der Waals surface area contributed by atoms with Gasteiger partial charge in [-0.2, -0.15) is 0 Å².